The lowest BCUT2D eigenvalue weighted by Gasteiger charge is -2.56. The van der Waals surface area contributed by atoms with Gasteiger partial charge in [-0.1, -0.05) is 12.8 Å². The topological polar surface area (TPSA) is 64.6 Å². The number of rotatable bonds is 0. The van der Waals surface area contributed by atoms with E-state index >= 15 is 0 Å². The van der Waals surface area contributed by atoms with E-state index in [4.69, 9.17) is 0 Å². The van der Waals surface area contributed by atoms with Crippen molar-refractivity contribution in [3.8, 4) is 0 Å². The van der Waals surface area contributed by atoms with Gasteiger partial charge < -0.3 is 20.6 Å². The van der Waals surface area contributed by atoms with E-state index in [-0.39, 0.29) is 18.8 Å². The van der Waals surface area contributed by atoms with Crippen LogP contribution >= 0.6 is 0 Å². The van der Waals surface area contributed by atoms with Crippen molar-refractivity contribution in [2.45, 2.75) is 37.8 Å². The largest absolute Gasteiger partial charge is 0.784 e. The van der Waals surface area contributed by atoms with Gasteiger partial charge in [0.05, 0.1) is 0 Å². The summed E-state index contributed by atoms with van der Waals surface area (Å²) < 4.78 is 0. The Morgan fingerprint density at radius 1 is 1.08 bits per heavy atom. The minimum Gasteiger partial charge on any atom is -0.784 e. The first-order valence-corrected chi connectivity index (χ1v) is 4.42. The molecule has 0 radical (unpaired) electrons. The number of nitrogens with one attached hydrogen (secondary N) is 1. The average molecular weight is 171 g/mol. The Labute approximate surface area is 71.5 Å². The van der Waals surface area contributed by atoms with E-state index in [0.717, 1.165) is 35.9 Å². The summed E-state index contributed by atoms with van der Waals surface area (Å²) in [6.07, 6.45) is 3.86. The number of nitrogens with zero attached hydrogens (tertiary/aromatic N) is 2. The number of hydrogen-bond donors (Lipinski definition) is 1. The van der Waals surface area contributed by atoms with Gasteiger partial charge in [0, 0.05) is 18.8 Å². The van der Waals surface area contributed by atoms with E-state index in [2.05, 4.69) is 5.43 Å². The second kappa shape index (κ2) is 3.27. The first-order chi connectivity index (χ1) is 5.79. The fraction of sp³-hybridized carbons (Fsp3) is 1.00. The summed E-state index contributed by atoms with van der Waals surface area (Å²) in [5.74, 6) is 0. The van der Waals surface area contributed by atoms with Gasteiger partial charge in [-0.25, -0.2) is 0 Å². The molecule has 1 saturated heterocycles. The summed E-state index contributed by atoms with van der Waals surface area (Å²) >= 11 is 0. The Bertz CT molecular complexity index is 149. The van der Waals surface area contributed by atoms with E-state index < -0.39 is 0 Å². The van der Waals surface area contributed by atoms with Crippen molar-refractivity contribution in [2.75, 3.05) is 6.67 Å². The van der Waals surface area contributed by atoms with Gasteiger partial charge in [0.2, 0.25) is 0 Å². The minimum absolute atomic E-state index is 0.0718. The molecule has 1 N–H and O–H groups in total. The zero-order valence-electron chi connectivity index (χ0n) is 6.90. The van der Waals surface area contributed by atoms with Gasteiger partial charge in [0.1, 0.15) is 0 Å². The van der Waals surface area contributed by atoms with Crippen molar-refractivity contribution in [3.05, 3.63) is 10.4 Å². The summed E-state index contributed by atoms with van der Waals surface area (Å²) in [7, 11) is 0. The highest BCUT2D eigenvalue weighted by Crippen LogP contribution is 2.27. The predicted molar refractivity (Wildman–Crippen MR) is 44.5 cm³/mol. The molecule has 2 fully saturated rings. The van der Waals surface area contributed by atoms with Crippen LogP contribution in [-0.4, -0.2) is 29.0 Å². The van der Waals surface area contributed by atoms with E-state index in [1.807, 2.05) is 0 Å². The van der Waals surface area contributed by atoms with Crippen LogP contribution in [0.1, 0.15) is 25.7 Å². The fourth-order valence-electron chi connectivity index (χ4n) is 2.08. The molecule has 0 bridgehead atoms. The lowest BCUT2D eigenvalue weighted by Crippen LogP contribution is -2.62. The molecule has 5 heteroatoms. The molecule has 2 aliphatic rings. The van der Waals surface area contributed by atoms with Gasteiger partial charge in [-0.05, 0) is 12.8 Å². The Hall–Kier alpha value is -0.200. The van der Waals surface area contributed by atoms with Gasteiger partial charge in [-0.15, -0.1) is 0 Å². The molecule has 1 saturated carbocycles. The smallest absolute Gasteiger partial charge is 0.0496 e. The van der Waals surface area contributed by atoms with Crippen LogP contribution < -0.4 is 5.43 Å². The van der Waals surface area contributed by atoms with Crippen LogP contribution in [0.4, 0.5) is 0 Å². The third kappa shape index (κ3) is 1.34. The molecule has 70 valence electrons. The standard InChI is InChI=1S/C7H13N3O2/c11-9-5-8-10(12)7-4-2-1-3-6(7)9/h6-8H,1-5H2/q-2. The first kappa shape index (κ1) is 8.40. The molecule has 2 atom stereocenters. The van der Waals surface area contributed by atoms with E-state index in [0.29, 0.717) is 0 Å². The SMILES string of the molecule is [O-]N1CNN([O-])C2CCCCC21. The van der Waals surface area contributed by atoms with Gasteiger partial charge in [0.25, 0.3) is 0 Å². The molecule has 0 aromatic carbocycles. The summed E-state index contributed by atoms with van der Waals surface area (Å²) in [6.45, 7) is 0.144. The monoisotopic (exact) mass is 171 g/mol. The Morgan fingerprint density at radius 3 is 2.42 bits per heavy atom. The van der Waals surface area contributed by atoms with E-state index in [1.165, 1.54) is 0 Å². The molecule has 1 heterocycles. The van der Waals surface area contributed by atoms with E-state index in [1.54, 1.807) is 0 Å². The maximum Gasteiger partial charge on any atom is 0.0496 e. The average Bonchev–Trinajstić information content (AvgIpc) is 2.12. The Kier molecular flexibility index (Phi) is 2.29. The van der Waals surface area contributed by atoms with Gasteiger partial charge in [0.15, 0.2) is 0 Å². The number of hydrazine groups is 1. The molecule has 0 amide bonds. The highest BCUT2D eigenvalue weighted by molar-refractivity contribution is 4.91. The molecule has 0 spiro atoms. The van der Waals surface area contributed by atoms with Crippen LogP contribution in [0.2, 0.25) is 0 Å². The normalized spacial score (nSPS) is 39.5. The number of fused-ring (bicyclic) bond motifs is 1. The second-order valence-electron chi connectivity index (χ2n) is 3.48. The molecular formula is C7H13N3O2-2. The maximum absolute atomic E-state index is 11.3. The maximum atomic E-state index is 11.3. The van der Waals surface area contributed by atoms with Crippen molar-refractivity contribution in [3.63, 3.8) is 0 Å². The van der Waals surface area contributed by atoms with Crippen LogP contribution in [0.25, 0.3) is 0 Å². The van der Waals surface area contributed by atoms with Gasteiger partial charge >= 0.3 is 0 Å². The van der Waals surface area contributed by atoms with Crippen molar-refractivity contribution in [2.24, 2.45) is 0 Å². The number of hydroxylamine groups is 3. The third-order valence-corrected chi connectivity index (χ3v) is 2.75. The first-order valence-electron chi connectivity index (χ1n) is 4.42. The van der Waals surface area contributed by atoms with Crippen LogP contribution in [0.15, 0.2) is 0 Å². The fourth-order valence-corrected chi connectivity index (χ4v) is 2.08. The predicted octanol–water partition coefficient (Wildman–Crippen LogP) is 0.373. The second-order valence-corrected chi connectivity index (χ2v) is 3.48. The van der Waals surface area contributed by atoms with E-state index in [9.17, 15) is 10.4 Å². The van der Waals surface area contributed by atoms with Crippen LogP contribution in [0.5, 0.6) is 0 Å². The molecule has 1 aliphatic carbocycles. The number of hydrogen-bond acceptors (Lipinski definition) is 5. The molecule has 0 aromatic rings. The lowest BCUT2D eigenvalue weighted by molar-refractivity contribution is 0.00161. The zero-order valence-corrected chi connectivity index (χ0v) is 6.90. The third-order valence-electron chi connectivity index (χ3n) is 2.75. The summed E-state index contributed by atoms with van der Waals surface area (Å²) in [6, 6.07) is -0.192. The highest BCUT2D eigenvalue weighted by Gasteiger charge is 2.29. The molecular weight excluding hydrogens is 158 g/mol. The van der Waals surface area contributed by atoms with Gasteiger partial charge in [-0.3, -0.25) is 5.43 Å². The van der Waals surface area contributed by atoms with Crippen molar-refractivity contribution in [1.29, 1.82) is 0 Å². The summed E-state index contributed by atoms with van der Waals surface area (Å²) in [4.78, 5) is 0. The summed E-state index contributed by atoms with van der Waals surface area (Å²) in [5, 5.41) is 24.3. The van der Waals surface area contributed by atoms with Crippen molar-refractivity contribution in [1.82, 2.24) is 15.7 Å². The summed E-state index contributed by atoms with van der Waals surface area (Å²) in [5.41, 5.74) is 2.52. The molecule has 5 nitrogen and oxygen atoms in total. The Morgan fingerprint density at radius 2 is 1.75 bits per heavy atom. The highest BCUT2D eigenvalue weighted by atomic mass is 16.6. The van der Waals surface area contributed by atoms with Gasteiger partial charge in [-0.2, -0.15) is 0 Å². The molecule has 12 heavy (non-hydrogen) atoms. The minimum atomic E-state index is -0.120. The van der Waals surface area contributed by atoms with Crippen LogP contribution in [0, 0.1) is 10.4 Å². The molecule has 2 unspecified atom stereocenters. The molecule has 0 aromatic heterocycles. The zero-order chi connectivity index (χ0) is 8.55. The van der Waals surface area contributed by atoms with Crippen LogP contribution in [0.3, 0.4) is 0 Å². The van der Waals surface area contributed by atoms with Crippen LogP contribution in [-0.2, 0) is 0 Å². The lowest BCUT2D eigenvalue weighted by atomic mass is 9.90. The van der Waals surface area contributed by atoms with Crippen molar-refractivity contribution >= 4 is 0 Å². The molecule has 1 aliphatic heterocycles. The quantitative estimate of drug-likeness (QED) is 0.570. The Balaban J connectivity index is 2.05. The van der Waals surface area contributed by atoms with Crippen molar-refractivity contribution < 1.29 is 0 Å². The molecule has 2 rings (SSSR count).